The highest BCUT2D eigenvalue weighted by atomic mass is 14.9. The Bertz CT molecular complexity index is 75.0. The first-order valence-electron chi connectivity index (χ1n) is 3.77. The van der Waals surface area contributed by atoms with Crippen molar-refractivity contribution in [2.75, 3.05) is 13.1 Å². The summed E-state index contributed by atoms with van der Waals surface area (Å²) in [6, 6.07) is 0.373. The van der Waals surface area contributed by atoms with Crippen LogP contribution in [0.15, 0.2) is 0 Å². The van der Waals surface area contributed by atoms with Crippen molar-refractivity contribution in [2.45, 2.75) is 25.8 Å². The maximum Gasteiger partial charge on any atom is 0.00508 e. The molecule has 0 bridgehead atoms. The van der Waals surface area contributed by atoms with Crippen LogP contribution in [0.5, 0.6) is 0 Å². The first-order valence-corrected chi connectivity index (χ1v) is 3.77. The van der Waals surface area contributed by atoms with Crippen LogP contribution >= 0.6 is 0 Å². The topological polar surface area (TPSA) is 38.0 Å². The van der Waals surface area contributed by atoms with Crippen LogP contribution in [0.25, 0.3) is 0 Å². The van der Waals surface area contributed by atoms with E-state index >= 15 is 0 Å². The molecule has 0 saturated carbocycles. The van der Waals surface area contributed by atoms with Gasteiger partial charge in [0.05, 0.1) is 0 Å². The molecule has 1 saturated heterocycles. The van der Waals surface area contributed by atoms with Crippen LogP contribution in [0.4, 0.5) is 0 Å². The predicted molar refractivity (Wildman–Crippen MR) is 39.2 cm³/mol. The van der Waals surface area contributed by atoms with E-state index in [0.29, 0.717) is 6.04 Å². The molecule has 2 nitrogen and oxygen atoms in total. The molecule has 0 aromatic heterocycles. The summed E-state index contributed by atoms with van der Waals surface area (Å²) >= 11 is 0. The van der Waals surface area contributed by atoms with Gasteiger partial charge in [-0.05, 0) is 38.8 Å². The Morgan fingerprint density at radius 2 is 2.44 bits per heavy atom. The molecule has 0 aliphatic carbocycles. The number of nitrogens with two attached hydrogens (primary N) is 1. The number of hydrogen-bond donors (Lipinski definition) is 2. The Kier molecular flexibility index (Phi) is 2.49. The number of hydrogen-bond acceptors (Lipinski definition) is 2. The third kappa shape index (κ3) is 1.95. The smallest absolute Gasteiger partial charge is 0.00508 e. The third-order valence-corrected chi connectivity index (χ3v) is 2.08. The quantitative estimate of drug-likeness (QED) is 0.534. The van der Waals surface area contributed by atoms with Gasteiger partial charge in [0, 0.05) is 6.04 Å². The summed E-state index contributed by atoms with van der Waals surface area (Å²) in [5.74, 6) is 0.721. The highest BCUT2D eigenvalue weighted by Crippen LogP contribution is 2.11. The third-order valence-electron chi connectivity index (χ3n) is 2.08. The van der Waals surface area contributed by atoms with Crippen molar-refractivity contribution in [2.24, 2.45) is 11.7 Å². The average Bonchev–Trinajstić information content (AvgIpc) is 1.90. The van der Waals surface area contributed by atoms with Gasteiger partial charge >= 0.3 is 0 Å². The highest BCUT2D eigenvalue weighted by molar-refractivity contribution is 4.74. The van der Waals surface area contributed by atoms with Crippen molar-refractivity contribution in [3.63, 3.8) is 0 Å². The van der Waals surface area contributed by atoms with Crippen molar-refractivity contribution in [3.05, 3.63) is 0 Å². The number of rotatable bonds is 1. The molecular formula is C7H16N2. The summed E-state index contributed by atoms with van der Waals surface area (Å²) in [6.45, 7) is 4.40. The zero-order valence-electron chi connectivity index (χ0n) is 6.06. The second-order valence-corrected chi connectivity index (χ2v) is 2.97. The molecule has 9 heavy (non-hydrogen) atoms. The zero-order valence-corrected chi connectivity index (χ0v) is 6.06. The molecule has 2 heteroatoms. The largest absolute Gasteiger partial charge is 0.328 e. The molecule has 0 unspecified atom stereocenters. The van der Waals surface area contributed by atoms with Crippen molar-refractivity contribution in [1.29, 1.82) is 0 Å². The van der Waals surface area contributed by atoms with Crippen LogP contribution < -0.4 is 11.1 Å². The van der Waals surface area contributed by atoms with Crippen molar-refractivity contribution in [1.82, 2.24) is 5.32 Å². The second-order valence-electron chi connectivity index (χ2n) is 2.97. The van der Waals surface area contributed by atoms with Gasteiger partial charge in [-0.1, -0.05) is 0 Å². The molecule has 0 spiro atoms. The van der Waals surface area contributed by atoms with Crippen molar-refractivity contribution >= 4 is 0 Å². The first-order chi connectivity index (χ1) is 4.30. The van der Waals surface area contributed by atoms with Gasteiger partial charge in [0.15, 0.2) is 0 Å². The SMILES string of the molecule is C[C@@H](N)[C@H]1CCCNC1. The molecule has 1 aliphatic rings. The minimum Gasteiger partial charge on any atom is -0.328 e. The lowest BCUT2D eigenvalue weighted by Gasteiger charge is -2.25. The zero-order chi connectivity index (χ0) is 6.69. The van der Waals surface area contributed by atoms with E-state index in [-0.39, 0.29) is 0 Å². The Morgan fingerprint density at radius 3 is 2.78 bits per heavy atom. The fourth-order valence-electron chi connectivity index (χ4n) is 1.33. The molecule has 1 heterocycles. The average molecular weight is 128 g/mol. The molecule has 0 aromatic carbocycles. The van der Waals surface area contributed by atoms with Crippen LogP contribution in [0.2, 0.25) is 0 Å². The van der Waals surface area contributed by atoms with E-state index in [0.717, 1.165) is 12.5 Å². The van der Waals surface area contributed by atoms with E-state index in [4.69, 9.17) is 5.73 Å². The van der Waals surface area contributed by atoms with Gasteiger partial charge in [0.2, 0.25) is 0 Å². The fourth-order valence-corrected chi connectivity index (χ4v) is 1.33. The minimum absolute atomic E-state index is 0.373. The van der Waals surface area contributed by atoms with Gasteiger partial charge < -0.3 is 11.1 Å². The molecule has 1 rings (SSSR count). The lowest BCUT2D eigenvalue weighted by atomic mass is 9.94. The maximum atomic E-state index is 5.73. The summed E-state index contributed by atoms with van der Waals surface area (Å²) in [5.41, 5.74) is 5.73. The molecule has 0 aromatic rings. The van der Waals surface area contributed by atoms with Gasteiger partial charge in [-0.3, -0.25) is 0 Å². The molecule has 0 amide bonds. The normalized spacial score (nSPS) is 32.0. The minimum atomic E-state index is 0.373. The summed E-state index contributed by atoms with van der Waals surface area (Å²) in [6.07, 6.45) is 2.61. The van der Waals surface area contributed by atoms with Crippen LogP contribution in [-0.2, 0) is 0 Å². The Labute approximate surface area is 56.8 Å². The van der Waals surface area contributed by atoms with E-state index in [1.165, 1.54) is 19.4 Å². The molecular weight excluding hydrogens is 112 g/mol. The van der Waals surface area contributed by atoms with Gasteiger partial charge in [-0.2, -0.15) is 0 Å². The Balaban J connectivity index is 2.23. The summed E-state index contributed by atoms with van der Waals surface area (Å²) in [7, 11) is 0. The van der Waals surface area contributed by atoms with Gasteiger partial charge in [0.1, 0.15) is 0 Å². The van der Waals surface area contributed by atoms with Crippen molar-refractivity contribution < 1.29 is 0 Å². The van der Waals surface area contributed by atoms with Crippen LogP contribution in [0.3, 0.4) is 0 Å². The number of piperidine rings is 1. The second kappa shape index (κ2) is 3.18. The van der Waals surface area contributed by atoms with E-state index < -0.39 is 0 Å². The monoisotopic (exact) mass is 128 g/mol. The summed E-state index contributed by atoms with van der Waals surface area (Å²) in [4.78, 5) is 0. The van der Waals surface area contributed by atoms with E-state index in [1.807, 2.05) is 0 Å². The number of nitrogens with one attached hydrogen (secondary N) is 1. The lowest BCUT2D eigenvalue weighted by Crippen LogP contribution is -2.39. The fraction of sp³-hybridized carbons (Fsp3) is 1.00. The molecule has 0 radical (unpaired) electrons. The van der Waals surface area contributed by atoms with Crippen molar-refractivity contribution in [3.8, 4) is 0 Å². The van der Waals surface area contributed by atoms with E-state index in [2.05, 4.69) is 12.2 Å². The molecule has 1 fully saturated rings. The maximum absolute atomic E-state index is 5.73. The van der Waals surface area contributed by atoms with Crippen LogP contribution in [0, 0.1) is 5.92 Å². The standard InChI is InChI=1S/C7H16N2/c1-6(8)7-3-2-4-9-5-7/h6-7,9H,2-5,8H2,1H3/t6-,7+/m1/s1. The van der Waals surface area contributed by atoms with E-state index in [1.54, 1.807) is 0 Å². The molecule has 2 atom stereocenters. The van der Waals surface area contributed by atoms with Gasteiger partial charge in [-0.25, -0.2) is 0 Å². The van der Waals surface area contributed by atoms with Gasteiger partial charge in [0.25, 0.3) is 0 Å². The Hall–Kier alpha value is -0.0800. The summed E-state index contributed by atoms with van der Waals surface area (Å²) < 4.78 is 0. The molecule has 1 aliphatic heterocycles. The van der Waals surface area contributed by atoms with E-state index in [9.17, 15) is 0 Å². The molecule has 54 valence electrons. The Morgan fingerprint density at radius 1 is 1.67 bits per heavy atom. The highest BCUT2D eigenvalue weighted by Gasteiger charge is 2.15. The van der Waals surface area contributed by atoms with Gasteiger partial charge in [-0.15, -0.1) is 0 Å². The first kappa shape index (κ1) is 7.03. The summed E-state index contributed by atoms with van der Waals surface area (Å²) in [5, 5.41) is 3.34. The molecule has 3 N–H and O–H groups in total. The predicted octanol–water partition coefficient (Wildman–Crippen LogP) is 0.333. The van der Waals surface area contributed by atoms with Crippen LogP contribution in [-0.4, -0.2) is 19.1 Å². The lowest BCUT2D eigenvalue weighted by molar-refractivity contribution is 0.335. The van der Waals surface area contributed by atoms with Crippen LogP contribution in [0.1, 0.15) is 19.8 Å².